The summed E-state index contributed by atoms with van der Waals surface area (Å²) >= 11 is 0. The number of benzene rings is 1. The van der Waals surface area contributed by atoms with E-state index in [4.69, 9.17) is 0 Å². The van der Waals surface area contributed by atoms with Crippen LogP contribution in [0.4, 0.5) is 4.39 Å². The highest BCUT2D eigenvalue weighted by Gasteiger charge is 2.28. The van der Waals surface area contributed by atoms with Crippen molar-refractivity contribution in [3.8, 4) is 6.07 Å². The van der Waals surface area contributed by atoms with Crippen LogP contribution in [0.5, 0.6) is 0 Å². The van der Waals surface area contributed by atoms with Gasteiger partial charge in [-0.3, -0.25) is 4.90 Å². The Morgan fingerprint density at radius 2 is 2.11 bits per heavy atom. The second kappa shape index (κ2) is 5.97. The zero-order chi connectivity index (χ0) is 13.0. The van der Waals surface area contributed by atoms with Crippen molar-refractivity contribution >= 4 is 0 Å². The minimum atomic E-state index is -0.249. The molecule has 1 aromatic carbocycles. The van der Waals surface area contributed by atoms with Gasteiger partial charge in [0.2, 0.25) is 0 Å². The lowest BCUT2D eigenvalue weighted by Gasteiger charge is -2.38. The zero-order valence-electron chi connectivity index (χ0n) is 10.8. The van der Waals surface area contributed by atoms with E-state index in [0.29, 0.717) is 6.04 Å². The Morgan fingerprint density at radius 3 is 2.72 bits per heavy atom. The van der Waals surface area contributed by atoms with E-state index in [1.54, 1.807) is 12.1 Å². The molecule has 0 spiro atoms. The molecule has 2 unspecified atom stereocenters. The minimum absolute atomic E-state index is 0.240. The summed E-state index contributed by atoms with van der Waals surface area (Å²) in [5.41, 5.74) is 0.902. The molecule has 1 heterocycles. The first-order valence-corrected chi connectivity index (χ1v) is 6.67. The molecule has 3 heteroatoms. The van der Waals surface area contributed by atoms with Crippen LogP contribution in [-0.4, -0.2) is 17.5 Å². The number of rotatable bonds is 3. The molecule has 1 saturated heterocycles. The first-order valence-electron chi connectivity index (χ1n) is 6.67. The smallest absolute Gasteiger partial charge is 0.124 e. The van der Waals surface area contributed by atoms with Gasteiger partial charge >= 0.3 is 0 Å². The van der Waals surface area contributed by atoms with Crippen molar-refractivity contribution in [3.05, 3.63) is 35.6 Å². The molecule has 0 saturated carbocycles. The average molecular weight is 246 g/mol. The van der Waals surface area contributed by atoms with Crippen LogP contribution in [0.3, 0.4) is 0 Å². The summed E-state index contributed by atoms with van der Waals surface area (Å²) < 4.78 is 12.9. The van der Waals surface area contributed by atoms with Crippen LogP contribution in [0, 0.1) is 17.1 Å². The van der Waals surface area contributed by atoms with Gasteiger partial charge in [-0.25, -0.2) is 4.39 Å². The van der Waals surface area contributed by atoms with Crippen LogP contribution in [0.15, 0.2) is 24.3 Å². The summed E-state index contributed by atoms with van der Waals surface area (Å²) in [6, 6.07) is 8.94. The highest BCUT2D eigenvalue weighted by molar-refractivity contribution is 5.25. The molecule has 0 aliphatic carbocycles. The van der Waals surface area contributed by atoms with E-state index in [9.17, 15) is 9.65 Å². The van der Waals surface area contributed by atoms with E-state index in [1.807, 2.05) is 0 Å². The maximum absolute atomic E-state index is 12.9. The van der Waals surface area contributed by atoms with E-state index in [1.165, 1.54) is 18.6 Å². The molecule has 96 valence electrons. The van der Waals surface area contributed by atoms with Gasteiger partial charge < -0.3 is 0 Å². The van der Waals surface area contributed by atoms with Crippen LogP contribution < -0.4 is 0 Å². The van der Waals surface area contributed by atoms with Crippen molar-refractivity contribution < 1.29 is 4.39 Å². The Kier molecular flexibility index (Phi) is 4.33. The topological polar surface area (TPSA) is 27.0 Å². The highest BCUT2D eigenvalue weighted by Crippen LogP contribution is 2.29. The number of nitrogens with zero attached hydrogens (tertiary/aromatic N) is 2. The summed E-state index contributed by atoms with van der Waals surface area (Å²) in [7, 11) is 0. The number of halogens is 1. The first kappa shape index (κ1) is 13.0. The largest absolute Gasteiger partial charge is 0.281 e. The average Bonchev–Trinajstić information content (AvgIpc) is 2.42. The summed E-state index contributed by atoms with van der Waals surface area (Å²) in [6.45, 7) is 3.14. The van der Waals surface area contributed by atoms with Crippen LogP contribution >= 0.6 is 0 Å². The third kappa shape index (κ3) is 2.70. The first-order chi connectivity index (χ1) is 8.76. The standard InChI is InChI=1S/C15H19FN2/c1-2-14-5-3-4-10-18(14)15(11-17)12-6-8-13(16)9-7-12/h6-9,14-15H,2-5,10H2,1H3. The number of piperidine rings is 1. The Balaban J connectivity index is 2.22. The molecule has 0 bridgehead atoms. The van der Waals surface area contributed by atoms with E-state index in [-0.39, 0.29) is 11.9 Å². The maximum atomic E-state index is 12.9. The molecule has 1 aliphatic heterocycles. The van der Waals surface area contributed by atoms with Crippen molar-refractivity contribution in [2.45, 2.75) is 44.7 Å². The van der Waals surface area contributed by atoms with E-state index >= 15 is 0 Å². The fourth-order valence-corrected chi connectivity index (χ4v) is 2.79. The summed E-state index contributed by atoms with van der Waals surface area (Å²) in [6.07, 6.45) is 4.63. The second-order valence-corrected chi connectivity index (χ2v) is 4.88. The van der Waals surface area contributed by atoms with Gasteiger partial charge in [0.05, 0.1) is 6.07 Å². The van der Waals surface area contributed by atoms with Gasteiger partial charge in [0.25, 0.3) is 0 Å². The lowest BCUT2D eigenvalue weighted by atomic mass is 9.95. The van der Waals surface area contributed by atoms with E-state index < -0.39 is 0 Å². The van der Waals surface area contributed by atoms with Gasteiger partial charge in [-0.05, 0) is 37.0 Å². The van der Waals surface area contributed by atoms with E-state index in [2.05, 4.69) is 17.9 Å². The number of hydrogen-bond donors (Lipinski definition) is 0. The van der Waals surface area contributed by atoms with Gasteiger partial charge in [0, 0.05) is 12.6 Å². The molecule has 1 fully saturated rings. The number of hydrogen-bond acceptors (Lipinski definition) is 2. The predicted molar refractivity (Wildman–Crippen MR) is 69.4 cm³/mol. The molecule has 0 N–H and O–H groups in total. The Morgan fingerprint density at radius 1 is 1.39 bits per heavy atom. The van der Waals surface area contributed by atoms with Gasteiger partial charge in [-0.1, -0.05) is 25.5 Å². The Labute approximate surface area is 108 Å². The molecular weight excluding hydrogens is 227 g/mol. The number of likely N-dealkylation sites (tertiary alicyclic amines) is 1. The van der Waals surface area contributed by atoms with Crippen molar-refractivity contribution in [2.24, 2.45) is 0 Å². The zero-order valence-corrected chi connectivity index (χ0v) is 10.8. The predicted octanol–water partition coefficient (Wildman–Crippen LogP) is 3.65. The lowest BCUT2D eigenvalue weighted by molar-refractivity contribution is 0.117. The third-order valence-corrected chi connectivity index (χ3v) is 3.78. The fourth-order valence-electron chi connectivity index (χ4n) is 2.79. The van der Waals surface area contributed by atoms with Crippen LogP contribution in [0.25, 0.3) is 0 Å². The van der Waals surface area contributed by atoms with E-state index in [0.717, 1.165) is 31.4 Å². The number of nitriles is 1. The third-order valence-electron chi connectivity index (χ3n) is 3.78. The van der Waals surface area contributed by atoms with Crippen molar-refractivity contribution in [2.75, 3.05) is 6.54 Å². The molecule has 1 aliphatic rings. The molecule has 18 heavy (non-hydrogen) atoms. The molecule has 2 rings (SSSR count). The molecule has 2 nitrogen and oxygen atoms in total. The SMILES string of the molecule is CCC1CCCCN1C(C#N)c1ccc(F)cc1. The Bertz CT molecular complexity index is 421. The quantitative estimate of drug-likeness (QED) is 0.814. The highest BCUT2D eigenvalue weighted by atomic mass is 19.1. The molecule has 0 radical (unpaired) electrons. The molecule has 0 aromatic heterocycles. The maximum Gasteiger partial charge on any atom is 0.124 e. The molecule has 1 aromatic rings. The summed E-state index contributed by atoms with van der Waals surface area (Å²) in [4.78, 5) is 2.27. The van der Waals surface area contributed by atoms with Crippen molar-refractivity contribution in [1.82, 2.24) is 4.90 Å². The molecular formula is C15H19FN2. The summed E-state index contributed by atoms with van der Waals surface area (Å²) in [5.74, 6) is -0.249. The van der Waals surface area contributed by atoms with Gasteiger partial charge in [-0.15, -0.1) is 0 Å². The monoisotopic (exact) mass is 246 g/mol. The van der Waals surface area contributed by atoms with Crippen LogP contribution in [0.2, 0.25) is 0 Å². The van der Waals surface area contributed by atoms with Gasteiger partial charge in [0.1, 0.15) is 11.9 Å². The minimum Gasteiger partial charge on any atom is -0.281 e. The molecule has 2 atom stereocenters. The van der Waals surface area contributed by atoms with Gasteiger partial charge in [-0.2, -0.15) is 5.26 Å². The molecule has 0 amide bonds. The van der Waals surface area contributed by atoms with Crippen molar-refractivity contribution in [1.29, 1.82) is 5.26 Å². The van der Waals surface area contributed by atoms with Crippen LogP contribution in [-0.2, 0) is 0 Å². The van der Waals surface area contributed by atoms with Gasteiger partial charge in [0.15, 0.2) is 0 Å². The Hall–Kier alpha value is -1.40. The summed E-state index contributed by atoms with van der Waals surface area (Å²) in [5, 5.41) is 9.43. The normalized spacial score (nSPS) is 22.4. The lowest BCUT2D eigenvalue weighted by Crippen LogP contribution is -2.41. The van der Waals surface area contributed by atoms with Crippen LogP contribution in [0.1, 0.15) is 44.2 Å². The van der Waals surface area contributed by atoms with Crippen molar-refractivity contribution in [3.63, 3.8) is 0 Å². The second-order valence-electron chi connectivity index (χ2n) is 4.88. The fraction of sp³-hybridized carbons (Fsp3) is 0.533.